The summed E-state index contributed by atoms with van der Waals surface area (Å²) in [6.45, 7) is 9.68. The van der Waals surface area contributed by atoms with Crippen molar-refractivity contribution in [1.82, 2.24) is 24.3 Å². The van der Waals surface area contributed by atoms with Gasteiger partial charge in [0, 0.05) is 35.5 Å². The van der Waals surface area contributed by atoms with Crippen LogP contribution in [0, 0.1) is 0 Å². The molecule has 2 N–H and O–H groups in total. The zero-order chi connectivity index (χ0) is 41.9. The lowest BCUT2D eigenvalue weighted by molar-refractivity contribution is -0.137. The van der Waals surface area contributed by atoms with Crippen LogP contribution in [0.1, 0.15) is 68.0 Å². The molecule has 14 nitrogen and oxygen atoms in total. The first-order chi connectivity index (χ1) is 27.5. The Morgan fingerprint density at radius 2 is 1.79 bits per heavy atom. The smallest absolute Gasteiger partial charge is 0.416 e. The summed E-state index contributed by atoms with van der Waals surface area (Å²) in [5.74, 6) is 1.14. The highest BCUT2D eigenvalue weighted by molar-refractivity contribution is 6.30. The first-order valence-electron chi connectivity index (χ1n) is 18.3. The van der Waals surface area contributed by atoms with E-state index in [1.807, 2.05) is 13.0 Å². The molecule has 0 aliphatic carbocycles. The second-order valence-corrected chi connectivity index (χ2v) is 14.7. The number of methoxy groups -OCH3 is 2. The summed E-state index contributed by atoms with van der Waals surface area (Å²) in [4.78, 5) is 42.0. The van der Waals surface area contributed by atoms with E-state index in [1.165, 1.54) is 18.3 Å². The molecular weight excluding hydrogens is 783 g/mol. The number of hydrogen-bond acceptors (Lipinski definition) is 11. The van der Waals surface area contributed by atoms with Crippen LogP contribution in [-0.4, -0.2) is 81.9 Å². The number of hydrogen-bond donors (Lipinski definition) is 2. The van der Waals surface area contributed by atoms with E-state index < -0.39 is 35.4 Å². The van der Waals surface area contributed by atoms with E-state index in [0.29, 0.717) is 39.9 Å². The van der Waals surface area contributed by atoms with E-state index in [2.05, 4.69) is 20.6 Å². The molecule has 308 valence electrons. The first-order valence-corrected chi connectivity index (χ1v) is 18.6. The number of carbonyl (C=O) groups excluding carboxylic acids is 2. The quantitative estimate of drug-likeness (QED) is 0.132. The molecule has 1 saturated heterocycles. The van der Waals surface area contributed by atoms with Gasteiger partial charge in [-0.1, -0.05) is 11.6 Å². The molecule has 2 aromatic carbocycles. The Balaban J connectivity index is 1.45. The van der Waals surface area contributed by atoms with Crippen molar-refractivity contribution in [3.05, 3.63) is 88.6 Å². The molecule has 4 heterocycles. The van der Waals surface area contributed by atoms with Crippen LogP contribution < -0.4 is 24.8 Å². The van der Waals surface area contributed by atoms with Crippen LogP contribution in [0.15, 0.2) is 60.9 Å². The summed E-state index contributed by atoms with van der Waals surface area (Å²) < 4.78 is 70.8. The molecule has 1 aliphatic heterocycles. The molecule has 0 unspecified atom stereocenters. The van der Waals surface area contributed by atoms with Crippen molar-refractivity contribution >= 4 is 40.8 Å². The number of imidazole rings is 1. The van der Waals surface area contributed by atoms with Crippen LogP contribution in [-0.2, 0) is 22.2 Å². The summed E-state index contributed by atoms with van der Waals surface area (Å²) >= 11 is 6.93. The average Bonchev–Trinajstić information content (AvgIpc) is 3.58. The summed E-state index contributed by atoms with van der Waals surface area (Å²) in [5.41, 5.74) is 0.372. The normalized spacial score (nSPS) is 15.9. The summed E-state index contributed by atoms with van der Waals surface area (Å²) in [6, 6.07) is 11.2. The molecule has 6 rings (SSSR count). The Morgan fingerprint density at radius 1 is 1.02 bits per heavy atom. The maximum atomic E-state index is 13.4. The minimum absolute atomic E-state index is 0.0776. The molecule has 1 fully saturated rings. The molecule has 0 radical (unpaired) electrons. The molecule has 58 heavy (non-hydrogen) atoms. The molecule has 3 aromatic heterocycles. The first kappa shape index (κ1) is 41.8. The van der Waals surface area contributed by atoms with Gasteiger partial charge in [0.2, 0.25) is 0 Å². The largest absolute Gasteiger partial charge is 0.497 e. The topological polar surface area (TPSA) is 151 Å². The van der Waals surface area contributed by atoms with Crippen molar-refractivity contribution in [2.45, 2.75) is 65.1 Å². The van der Waals surface area contributed by atoms with Crippen LogP contribution in [0.25, 0.3) is 16.8 Å². The van der Waals surface area contributed by atoms with Gasteiger partial charge in [0.1, 0.15) is 57.0 Å². The molecule has 0 saturated carbocycles. The molecular formula is C40H43ClF3N7O7. The van der Waals surface area contributed by atoms with Crippen LogP contribution in [0.4, 0.5) is 29.6 Å². The third-order valence-corrected chi connectivity index (χ3v) is 9.33. The zero-order valence-corrected chi connectivity index (χ0v) is 33.6. The van der Waals surface area contributed by atoms with Crippen LogP contribution >= 0.6 is 11.6 Å². The van der Waals surface area contributed by atoms with Crippen molar-refractivity contribution < 1.29 is 46.4 Å². The van der Waals surface area contributed by atoms with Crippen LogP contribution in [0.3, 0.4) is 0 Å². The lowest BCUT2D eigenvalue weighted by Crippen LogP contribution is -2.50. The number of fused-ring (bicyclic) bond motifs is 1. The van der Waals surface area contributed by atoms with E-state index >= 15 is 0 Å². The molecule has 0 spiro atoms. The highest BCUT2D eigenvalue weighted by atomic mass is 35.5. The van der Waals surface area contributed by atoms with Crippen molar-refractivity contribution in [3.8, 4) is 28.5 Å². The number of ether oxygens (including phenoxy) is 5. The lowest BCUT2D eigenvalue weighted by atomic mass is 10.1. The molecule has 2 atom stereocenters. The molecule has 5 aromatic rings. The predicted molar refractivity (Wildman–Crippen MR) is 210 cm³/mol. The predicted octanol–water partition coefficient (Wildman–Crippen LogP) is 8.44. The summed E-state index contributed by atoms with van der Waals surface area (Å²) in [7, 11) is 3.12. The Bertz CT molecular complexity index is 2320. The molecule has 1 aliphatic rings. The van der Waals surface area contributed by atoms with E-state index in [0.717, 1.165) is 23.9 Å². The highest BCUT2D eigenvalue weighted by Crippen LogP contribution is 2.40. The number of nitrogens with one attached hydrogen (secondary N) is 2. The number of anilines is 2. The maximum Gasteiger partial charge on any atom is 0.416 e. The molecule has 18 heteroatoms. The number of amides is 2. The summed E-state index contributed by atoms with van der Waals surface area (Å²) in [6.07, 6.45) is -3.48. The zero-order valence-electron chi connectivity index (χ0n) is 32.9. The number of aromatic nitrogens is 4. The van der Waals surface area contributed by atoms with Crippen LogP contribution in [0.5, 0.6) is 17.2 Å². The van der Waals surface area contributed by atoms with E-state index in [9.17, 15) is 22.8 Å². The fourth-order valence-corrected chi connectivity index (χ4v) is 6.52. The fraction of sp³-hybridized carbons (Fsp3) is 0.375. The average molecular weight is 826 g/mol. The van der Waals surface area contributed by atoms with Gasteiger partial charge in [0.25, 0.3) is 5.91 Å². The van der Waals surface area contributed by atoms with Gasteiger partial charge in [-0.05, 0) is 77.1 Å². The monoisotopic (exact) mass is 825 g/mol. The Kier molecular flexibility index (Phi) is 12.2. The third-order valence-electron chi connectivity index (χ3n) is 9.06. The van der Waals surface area contributed by atoms with Crippen molar-refractivity contribution in [1.29, 1.82) is 0 Å². The number of benzene rings is 2. The molecule has 2 amide bonds. The second-order valence-electron chi connectivity index (χ2n) is 14.3. The number of morpholine rings is 1. The number of carbonyl (C=O) groups is 2. The van der Waals surface area contributed by atoms with E-state index in [1.54, 1.807) is 69.4 Å². The van der Waals surface area contributed by atoms with Gasteiger partial charge in [-0.3, -0.25) is 9.20 Å². The van der Waals surface area contributed by atoms with Gasteiger partial charge in [0.05, 0.1) is 51.8 Å². The number of pyridine rings is 1. The standard InChI is InChI=1S/C40H43ClF3N7O7/c1-8-56-29-15-23(37(52)48-32-16-25(13-14-45-32)40(42,43)44)10-12-27(29)33-34-35(46-18-24-9-11-26(54-6)17-28(24)55-7)47-19-31(41)51(34)36(49-33)30-20-50(22(2)21-57-30)38(53)58-39(3,4)5/h9-17,19,22,30H,8,18,20-21H2,1-7H3,(H,46,47)(H,45,48,52)/t22-,30+/m0/s1. The Labute approximate surface area is 337 Å². The van der Waals surface area contributed by atoms with Gasteiger partial charge in [-0.25, -0.2) is 19.7 Å². The minimum atomic E-state index is -4.63. The third kappa shape index (κ3) is 9.15. The van der Waals surface area contributed by atoms with Gasteiger partial charge >= 0.3 is 12.3 Å². The minimum Gasteiger partial charge on any atom is -0.497 e. The number of nitrogens with zero attached hydrogens (tertiary/aromatic N) is 5. The maximum absolute atomic E-state index is 13.4. The van der Waals surface area contributed by atoms with Crippen molar-refractivity contribution in [3.63, 3.8) is 0 Å². The number of alkyl halides is 3. The van der Waals surface area contributed by atoms with Crippen molar-refractivity contribution in [2.75, 3.05) is 44.6 Å². The Hall–Kier alpha value is -5.81. The number of rotatable bonds is 11. The van der Waals surface area contributed by atoms with Gasteiger partial charge in [0.15, 0.2) is 5.82 Å². The van der Waals surface area contributed by atoms with Crippen LogP contribution in [0.2, 0.25) is 5.15 Å². The molecule has 0 bridgehead atoms. The van der Waals surface area contributed by atoms with Crippen molar-refractivity contribution in [2.24, 2.45) is 0 Å². The fourth-order valence-electron chi connectivity index (χ4n) is 6.30. The van der Waals surface area contributed by atoms with Gasteiger partial charge in [-0.15, -0.1) is 0 Å². The highest BCUT2D eigenvalue weighted by Gasteiger charge is 2.37. The van der Waals surface area contributed by atoms with Gasteiger partial charge < -0.3 is 39.2 Å². The SMILES string of the molecule is CCOc1cc(C(=O)Nc2cc(C(F)(F)F)ccn2)ccc1-c1nc([C@H]2CN(C(=O)OC(C)(C)C)[C@@H](C)CO2)n2c(Cl)cnc(NCc3ccc(OC)cc3OC)c12. The Morgan fingerprint density at radius 3 is 2.48 bits per heavy atom. The van der Waals surface area contributed by atoms with E-state index in [4.69, 9.17) is 40.3 Å². The number of halogens is 4. The second kappa shape index (κ2) is 17.0. The summed E-state index contributed by atoms with van der Waals surface area (Å²) in [5, 5.41) is 6.00. The van der Waals surface area contributed by atoms with Gasteiger partial charge in [-0.2, -0.15) is 13.2 Å². The van der Waals surface area contributed by atoms with E-state index in [-0.39, 0.29) is 54.6 Å². The lowest BCUT2D eigenvalue weighted by Gasteiger charge is -2.38.